The predicted octanol–water partition coefficient (Wildman–Crippen LogP) is 2.83. The zero-order chi connectivity index (χ0) is 6.55. The first kappa shape index (κ1) is 8.47. The zero-order valence-electron chi connectivity index (χ0n) is 7.05. The Bertz CT molecular complexity index is 96.4. The van der Waals surface area contributed by atoms with Gasteiger partial charge < -0.3 is 0 Å². The fraction of sp³-hybridized carbons (Fsp3) is 1.00. The average Bonchev–Trinajstić information content (AvgIpc) is 1.82. The van der Waals surface area contributed by atoms with Crippen molar-refractivity contribution in [3.05, 3.63) is 0 Å². The molecule has 0 spiro atoms. The molecule has 0 heterocycles. The van der Waals surface area contributed by atoms with Gasteiger partial charge in [0.05, 0.1) is 0 Å². The van der Waals surface area contributed by atoms with E-state index in [4.69, 9.17) is 0 Å². The minimum atomic E-state index is 0. The molecular formula is C10H16Hf. The van der Waals surface area contributed by atoms with E-state index < -0.39 is 0 Å². The molecule has 1 heteroatoms. The molecule has 0 radical (unpaired) electrons. The summed E-state index contributed by atoms with van der Waals surface area (Å²) in [6, 6.07) is 0. The Morgan fingerprint density at radius 1 is 0.455 bits per heavy atom. The van der Waals surface area contributed by atoms with E-state index >= 15 is 0 Å². The number of rotatable bonds is 0. The van der Waals surface area contributed by atoms with Gasteiger partial charge in [-0.15, -0.1) is 0 Å². The van der Waals surface area contributed by atoms with E-state index in [1.54, 1.807) is 38.5 Å². The summed E-state index contributed by atoms with van der Waals surface area (Å²) in [6.07, 6.45) is 9.62. The van der Waals surface area contributed by atoms with Crippen molar-refractivity contribution < 1.29 is 25.8 Å². The molecule has 0 unspecified atom stereocenters. The summed E-state index contributed by atoms with van der Waals surface area (Å²) in [5.74, 6) is 4.71. The molecule has 0 aromatic carbocycles. The molecule has 0 nitrogen and oxygen atoms in total. The van der Waals surface area contributed by atoms with Crippen LogP contribution in [0.5, 0.6) is 0 Å². The molecule has 4 aliphatic carbocycles. The van der Waals surface area contributed by atoms with Gasteiger partial charge in [0.25, 0.3) is 0 Å². The summed E-state index contributed by atoms with van der Waals surface area (Å²) in [5, 5.41) is 0. The van der Waals surface area contributed by atoms with Crippen LogP contribution in [0.1, 0.15) is 38.5 Å². The molecule has 4 aliphatic rings. The van der Waals surface area contributed by atoms with Gasteiger partial charge in [0, 0.05) is 25.8 Å². The first-order valence-corrected chi connectivity index (χ1v) is 4.90. The first-order valence-electron chi connectivity index (χ1n) is 4.90. The van der Waals surface area contributed by atoms with Gasteiger partial charge in [-0.1, -0.05) is 0 Å². The summed E-state index contributed by atoms with van der Waals surface area (Å²) in [5.41, 5.74) is 0. The number of hydrogen-bond acceptors (Lipinski definition) is 0. The zero-order valence-corrected chi connectivity index (χ0v) is 10.6. The normalized spacial score (nSPS) is 52.4. The van der Waals surface area contributed by atoms with Crippen LogP contribution in [0.4, 0.5) is 0 Å². The molecular weight excluding hydrogens is 299 g/mol. The Hall–Kier alpha value is 0.870. The summed E-state index contributed by atoms with van der Waals surface area (Å²) < 4.78 is 0. The van der Waals surface area contributed by atoms with Crippen LogP contribution in [0.2, 0.25) is 0 Å². The van der Waals surface area contributed by atoms with Crippen molar-refractivity contribution in [2.24, 2.45) is 23.7 Å². The molecule has 11 heavy (non-hydrogen) atoms. The van der Waals surface area contributed by atoms with Crippen LogP contribution in [0.3, 0.4) is 0 Å². The van der Waals surface area contributed by atoms with E-state index in [-0.39, 0.29) is 25.8 Å². The van der Waals surface area contributed by atoms with Gasteiger partial charge in [0.15, 0.2) is 0 Å². The molecule has 4 fully saturated rings. The molecule has 0 aromatic heterocycles. The largest absolute Gasteiger partial charge is 0.0475 e. The molecule has 60 valence electrons. The molecule has 0 atom stereocenters. The standard InChI is InChI=1S/C10H16.Hf/c1-7-2-9-4-8(1)5-10(3-7)6-9;/h7-10H,1-6H2;. The maximum atomic E-state index is 1.60. The van der Waals surface area contributed by atoms with Crippen LogP contribution in [0.25, 0.3) is 0 Å². The van der Waals surface area contributed by atoms with Gasteiger partial charge in [0.1, 0.15) is 0 Å². The minimum absolute atomic E-state index is 0. The molecule has 0 aromatic rings. The van der Waals surface area contributed by atoms with Gasteiger partial charge in [-0.3, -0.25) is 0 Å². The molecule has 0 amide bonds. The first-order chi connectivity index (χ1) is 4.90. The van der Waals surface area contributed by atoms with E-state index in [0.717, 1.165) is 0 Å². The molecule has 0 N–H and O–H groups in total. The van der Waals surface area contributed by atoms with Gasteiger partial charge in [-0.2, -0.15) is 0 Å². The molecule has 4 rings (SSSR count). The third-order valence-electron chi connectivity index (χ3n) is 4.00. The Balaban J connectivity index is 0.000000480. The minimum Gasteiger partial charge on any atom is -0.0475 e. The molecule has 0 aliphatic heterocycles. The Morgan fingerprint density at radius 3 is 0.818 bits per heavy atom. The van der Waals surface area contributed by atoms with Gasteiger partial charge in [0.2, 0.25) is 0 Å². The van der Waals surface area contributed by atoms with Crippen molar-refractivity contribution in [2.75, 3.05) is 0 Å². The van der Waals surface area contributed by atoms with Crippen LogP contribution in [0.15, 0.2) is 0 Å². The molecule has 0 saturated heterocycles. The quantitative estimate of drug-likeness (QED) is 0.603. The molecule has 4 saturated carbocycles. The second kappa shape index (κ2) is 2.97. The Labute approximate surface area is 87.9 Å². The van der Waals surface area contributed by atoms with Crippen LogP contribution in [-0.4, -0.2) is 0 Å². The smallest absolute Gasteiger partial charge is 0 e. The summed E-state index contributed by atoms with van der Waals surface area (Å²) in [4.78, 5) is 0. The van der Waals surface area contributed by atoms with E-state index in [1.807, 2.05) is 0 Å². The van der Waals surface area contributed by atoms with Crippen molar-refractivity contribution in [2.45, 2.75) is 38.5 Å². The maximum absolute atomic E-state index is 1.60. The summed E-state index contributed by atoms with van der Waals surface area (Å²) in [6.45, 7) is 0. The van der Waals surface area contributed by atoms with E-state index in [0.29, 0.717) is 0 Å². The van der Waals surface area contributed by atoms with E-state index in [9.17, 15) is 0 Å². The van der Waals surface area contributed by atoms with Gasteiger partial charge >= 0.3 is 0 Å². The topological polar surface area (TPSA) is 0 Å². The predicted molar refractivity (Wildman–Crippen MR) is 41.7 cm³/mol. The molecule has 4 bridgehead atoms. The van der Waals surface area contributed by atoms with Gasteiger partial charge in [-0.05, 0) is 62.2 Å². The van der Waals surface area contributed by atoms with E-state index in [1.165, 1.54) is 23.7 Å². The monoisotopic (exact) mass is 316 g/mol. The second-order valence-electron chi connectivity index (χ2n) is 4.88. The van der Waals surface area contributed by atoms with E-state index in [2.05, 4.69) is 0 Å². The Morgan fingerprint density at radius 2 is 0.636 bits per heavy atom. The van der Waals surface area contributed by atoms with Crippen LogP contribution >= 0.6 is 0 Å². The van der Waals surface area contributed by atoms with Crippen molar-refractivity contribution in [3.63, 3.8) is 0 Å². The van der Waals surface area contributed by atoms with Crippen molar-refractivity contribution in [1.29, 1.82) is 0 Å². The van der Waals surface area contributed by atoms with Gasteiger partial charge in [-0.25, -0.2) is 0 Å². The fourth-order valence-corrected chi connectivity index (χ4v) is 3.98. The van der Waals surface area contributed by atoms with Crippen molar-refractivity contribution >= 4 is 0 Å². The maximum Gasteiger partial charge on any atom is 0 e. The third kappa shape index (κ3) is 1.38. The third-order valence-corrected chi connectivity index (χ3v) is 4.00. The van der Waals surface area contributed by atoms with Crippen molar-refractivity contribution in [3.8, 4) is 0 Å². The van der Waals surface area contributed by atoms with Crippen LogP contribution < -0.4 is 0 Å². The number of hydrogen-bond donors (Lipinski definition) is 0. The summed E-state index contributed by atoms with van der Waals surface area (Å²) in [7, 11) is 0. The Kier molecular flexibility index (Phi) is 2.29. The van der Waals surface area contributed by atoms with Crippen LogP contribution in [-0.2, 0) is 25.8 Å². The summed E-state index contributed by atoms with van der Waals surface area (Å²) >= 11 is 0. The fourth-order valence-electron chi connectivity index (χ4n) is 3.98. The van der Waals surface area contributed by atoms with Crippen molar-refractivity contribution in [1.82, 2.24) is 0 Å². The second-order valence-corrected chi connectivity index (χ2v) is 4.88. The average molecular weight is 315 g/mol. The van der Waals surface area contributed by atoms with Crippen LogP contribution in [0, 0.1) is 23.7 Å². The SMILES string of the molecule is C1C2CC3CC1CC(C2)C3.[Hf].